The molecule has 1 amide bonds. The number of hydrogen-bond acceptors (Lipinski definition) is 7. The number of methoxy groups -OCH3 is 2. The number of amides is 1. The van der Waals surface area contributed by atoms with E-state index in [1.54, 1.807) is 24.3 Å². The molecule has 0 heterocycles. The largest absolute Gasteiger partial charge is 0.468 e. The highest BCUT2D eigenvalue weighted by Gasteiger charge is 2.36. The van der Waals surface area contributed by atoms with E-state index in [2.05, 4.69) is 14.8 Å². The van der Waals surface area contributed by atoms with E-state index in [9.17, 15) is 31.9 Å². The highest BCUT2D eigenvalue weighted by molar-refractivity contribution is 8.93. The monoisotopic (exact) mass is 576 g/mol. The molecule has 0 saturated heterocycles. The lowest BCUT2D eigenvalue weighted by atomic mass is 10.1. The summed E-state index contributed by atoms with van der Waals surface area (Å²) in [5.74, 6) is -7.70. The van der Waals surface area contributed by atoms with Gasteiger partial charge in [-0.15, -0.1) is 17.0 Å². The van der Waals surface area contributed by atoms with Crippen LogP contribution in [0.1, 0.15) is 45.1 Å². The molecule has 0 aliphatic rings. The number of carbonyl (C=O) groups is 3. The standard InChI is InChI=1S/C15H19F2NO4.C7H13F2NO2.BrH/c1-3-15(16,17)9-12(13(19)21-2)18-14(20)22-10-11-7-5-4-6-8-11;1-3-7(8,9)4-5(10)6(11)12-2;/h4-8,12H,3,9-10H2,1-2H3,(H,18,20);5H,3-4,10H2,1-2H3;1H/t12-;5-;/m00./s1. The van der Waals surface area contributed by atoms with Crippen LogP contribution >= 0.6 is 17.0 Å². The molecule has 0 bridgehead atoms. The average Bonchev–Trinajstić information content (AvgIpc) is 2.81. The number of rotatable bonds is 11. The molecule has 202 valence electrons. The van der Waals surface area contributed by atoms with Crippen molar-refractivity contribution in [2.45, 2.75) is 70.1 Å². The van der Waals surface area contributed by atoms with Crippen LogP contribution in [0.2, 0.25) is 0 Å². The van der Waals surface area contributed by atoms with Crippen LogP contribution in [0.3, 0.4) is 0 Å². The maximum Gasteiger partial charge on any atom is 0.408 e. The van der Waals surface area contributed by atoms with Gasteiger partial charge in [0.05, 0.1) is 14.2 Å². The fourth-order valence-electron chi connectivity index (χ4n) is 2.39. The molecule has 8 nitrogen and oxygen atoms in total. The molecule has 0 radical (unpaired) electrons. The first-order valence-corrected chi connectivity index (χ1v) is 10.4. The molecule has 1 rings (SSSR count). The Balaban J connectivity index is 0. The van der Waals surface area contributed by atoms with Crippen LogP contribution in [0.4, 0.5) is 22.4 Å². The van der Waals surface area contributed by atoms with Gasteiger partial charge < -0.3 is 25.3 Å². The highest BCUT2D eigenvalue weighted by atomic mass is 79.9. The molecule has 0 unspecified atom stereocenters. The second kappa shape index (κ2) is 17.1. The molecule has 2 atom stereocenters. The Bertz CT molecular complexity index is 772. The third-order valence-electron chi connectivity index (χ3n) is 4.55. The van der Waals surface area contributed by atoms with Crippen molar-refractivity contribution in [1.82, 2.24) is 5.32 Å². The van der Waals surface area contributed by atoms with E-state index < -0.39 is 61.2 Å². The van der Waals surface area contributed by atoms with E-state index in [4.69, 9.17) is 10.5 Å². The molecule has 0 saturated carbocycles. The Kier molecular flexibility index (Phi) is 17.0. The molecule has 13 heteroatoms. The Labute approximate surface area is 212 Å². The predicted octanol–water partition coefficient (Wildman–Crippen LogP) is 4.39. The zero-order valence-electron chi connectivity index (χ0n) is 20.0. The lowest BCUT2D eigenvalue weighted by Crippen LogP contribution is -2.45. The molecular formula is C22H33BrF4N2O6. The number of alkyl carbamates (subject to hydrolysis) is 1. The first-order chi connectivity index (χ1) is 15.8. The van der Waals surface area contributed by atoms with Crippen molar-refractivity contribution in [3.63, 3.8) is 0 Å². The van der Waals surface area contributed by atoms with Crippen LogP contribution < -0.4 is 11.1 Å². The third kappa shape index (κ3) is 15.2. The fourth-order valence-corrected chi connectivity index (χ4v) is 2.39. The summed E-state index contributed by atoms with van der Waals surface area (Å²) in [6.45, 7) is 2.61. The van der Waals surface area contributed by atoms with Gasteiger partial charge in [-0.1, -0.05) is 44.2 Å². The molecular weight excluding hydrogens is 544 g/mol. The number of carbonyl (C=O) groups excluding carboxylic acids is 3. The molecule has 0 aliphatic heterocycles. The Morgan fingerprint density at radius 1 is 0.914 bits per heavy atom. The summed E-state index contributed by atoms with van der Waals surface area (Å²) in [4.78, 5) is 33.7. The van der Waals surface area contributed by atoms with Crippen molar-refractivity contribution in [2.24, 2.45) is 5.73 Å². The van der Waals surface area contributed by atoms with Gasteiger partial charge in [0.2, 0.25) is 11.8 Å². The normalized spacial score (nSPS) is 12.6. The van der Waals surface area contributed by atoms with Crippen molar-refractivity contribution in [3.05, 3.63) is 35.9 Å². The molecule has 0 fully saturated rings. The number of halogens is 5. The van der Waals surface area contributed by atoms with Crippen LogP contribution in [0.5, 0.6) is 0 Å². The first kappa shape index (κ1) is 34.8. The molecule has 35 heavy (non-hydrogen) atoms. The molecule has 3 N–H and O–H groups in total. The van der Waals surface area contributed by atoms with Gasteiger partial charge in [0.25, 0.3) is 0 Å². The van der Waals surface area contributed by atoms with Gasteiger partial charge in [0, 0.05) is 25.7 Å². The molecule has 1 aromatic rings. The van der Waals surface area contributed by atoms with Crippen LogP contribution in [-0.2, 0) is 30.4 Å². The zero-order chi connectivity index (χ0) is 26.4. The minimum absolute atomic E-state index is 0. The smallest absolute Gasteiger partial charge is 0.408 e. The summed E-state index contributed by atoms with van der Waals surface area (Å²) in [5.41, 5.74) is 5.88. The number of esters is 2. The summed E-state index contributed by atoms with van der Waals surface area (Å²) >= 11 is 0. The topological polar surface area (TPSA) is 117 Å². The number of alkyl halides is 4. The van der Waals surface area contributed by atoms with Crippen molar-refractivity contribution < 1.29 is 46.2 Å². The van der Waals surface area contributed by atoms with E-state index in [-0.39, 0.29) is 30.0 Å². The number of benzene rings is 1. The lowest BCUT2D eigenvalue weighted by molar-refractivity contribution is -0.146. The quantitative estimate of drug-likeness (QED) is 0.228. The van der Waals surface area contributed by atoms with Gasteiger partial charge in [-0.25, -0.2) is 27.2 Å². The van der Waals surface area contributed by atoms with Crippen molar-refractivity contribution in [3.8, 4) is 0 Å². The van der Waals surface area contributed by atoms with Gasteiger partial charge >= 0.3 is 18.0 Å². The van der Waals surface area contributed by atoms with Crippen LogP contribution in [-0.4, -0.2) is 56.2 Å². The second-order valence-electron chi connectivity index (χ2n) is 7.24. The van der Waals surface area contributed by atoms with Crippen LogP contribution in [0, 0.1) is 0 Å². The fraction of sp³-hybridized carbons (Fsp3) is 0.591. The van der Waals surface area contributed by atoms with E-state index in [1.807, 2.05) is 6.07 Å². The van der Waals surface area contributed by atoms with Crippen molar-refractivity contribution in [1.29, 1.82) is 0 Å². The summed E-state index contributed by atoms with van der Waals surface area (Å²) in [7, 11) is 2.18. The number of nitrogens with one attached hydrogen (secondary N) is 1. The summed E-state index contributed by atoms with van der Waals surface area (Å²) in [5, 5.41) is 2.11. The lowest BCUT2D eigenvalue weighted by Gasteiger charge is -2.21. The molecule has 1 aromatic carbocycles. The minimum Gasteiger partial charge on any atom is -0.468 e. The molecule has 0 spiro atoms. The van der Waals surface area contributed by atoms with Gasteiger partial charge in [-0.3, -0.25) is 4.79 Å². The van der Waals surface area contributed by atoms with Gasteiger partial charge in [-0.2, -0.15) is 0 Å². The van der Waals surface area contributed by atoms with E-state index in [1.165, 1.54) is 13.8 Å². The predicted molar refractivity (Wildman–Crippen MR) is 126 cm³/mol. The second-order valence-corrected chi connectivity index (χ2v) is 7.24. The van der Waals surface area contributed by atoms with E-state index in [0.717, 1.165) is 19.8 Å². The number of nitrogens with two attached hydrogens (primary N) is 1. The van der Waals surface area contributed by atoms with Crippen molar-refractivity contribution >= 4 is 35.0 Å². The van der Waals surface area contributed by atoms with E-state index >= 15 is 0 Å². The van der Waals surface area contributed by atoms with Crippen molar-refractivity contribution in [2.75, 3.05) is 14.2 Å². The first-order valence-electron chi connectivity index (χ1n) is 10.4. The van der Waals surface area contributed by atoms with Gasteiger partial charge in [0.15, 0.2) is 0 Å². The Morgan fingerprint density at radius 2 is 1.40 bits per heavy atom. The Morgan fingerprint density at radius 3 is 1.86 bits per heavy atom. The Hall–Kier alpha value is -2.41. The maximum absolute atomic E-state index is 13.4. The van der Waals surface area contributed by atoms with Gasteiger partial charge in [0.1, 0.15) is 18.7 Å². The third-order valence-corrected chi connectivity index (χ3v) is 4.55. The SMILES string of the molecule is Br.CCC(F)(F)C[C@H](N)C(=O)OC.CCC(F)(F)C[C@H](NC(=O)OCc1ccccc1)C(=O)OC. The van der Waals surface area contributed by atoms with E-state index in [0.29, 0.717) is 0 Å². The summed E-state index contributed by atoms with van der Waals surface area (Å²) in [6.07, 6.45) is -3.21. The molecule has 0 aromatic heterocycles. The summed E-state index contributed by atoms with van der Waals surface area (Å²) in [6, 6.07) is 6.16. The average molecular weight is 577 g/mol. The maximum atomic E-state index is 13.4. The number of ether oxygens (including phenoxy) is 3. The minimum atomic E-state index is -3.08. The van der Waals surface area contributed by atoms with Gasteiger partial charge in [-0.05, 0) is 5.56 Å². The van der Waals surface area contributed by atoms with Crippen LogP contribution in [0.15, 0.2) is 30.3 Å². The highest BCUT2D eigenvalue weighted by Crippen LogP contribution is 2.25. The molecule has 0 aliphatic carbocycles. The number of hydrogen-bond donors (Lipinski definition) is 2. The van der Waals surface area contributed by atoms with Crippen LogP contribution in [0.25, 0.3) is 0 Å². The zero-order valence-corrected chi connectivity index (χ0v) is 21.7. The summed E-state index contributed by atoms with van der Waals surface area (Å²) < 4.78 is 65.6.